The number of carboxylic acids is 1. The molecule has 4 aromatic heterocycles. The second-order valence-electron chi connectivity index (χ2n) is 11.7. The molecule has 0 unspecified atom stereocenters. The van der Waals surface area contributed by atoms with Gasteiger partial charge in [-0.1, -0.05) is 12.1 Å². The van der Waals surface area contributed by atoms with Crippen molar-refractivity contribution >= 4 is 69.4 Å². The molecule has 14 heteroatoms. The molecule has 1 amide bonds. The van der Waals surface area contributed by atoms with Crippen molar-refractivity contribution < 1.29 is 14.7 Å². The maximum absolute atomic E-state index is 12.6. The zero-order chi connectivity index (χ0) is 32.6. The number of nitrogens with one attached hydrogen (secondary N) is 4. The summed E-state index contributed by atoms with van der Waals surface area (Å²) in [5.74, 6) is 0.239. The van der Waals surface area contributed by atoms with Crippen molar-refractivity contribution in [3.05, 3.63) is 94.8 Å². The molecule has 1 saturated heterocycles. The summed E-state index contributed by atoms with van der Waals surface area (Å²) >= 11 is 0. The van der Waals surface area contributed by atoms with Crippen molar-refractivity contribution in [1.82, 2.24) is 34.8 Å². The van der Waals surface area contributed by atoms with Gasteiger partial charge in [-0.2, -0.15) is 0 Å². The molecule has 0 atom stereocenters. The monoisotopic (exact) mass is 639 g/mol. The number of benzene rings is 2. The largest absolute Gasteiger partial charge is 0.477 e. The van der Waals surface area contributed by atoms with E-state index in [9.17, 15) is 9.59 Å². The Morgan fingerprint density at radius 2 is 1.21 bits per heavy atom. The summed E-state index contributed by atoms with van der Waals surface area (Å²) in [6.45, 7) is 3.10. The van der Waals surface area contributed by atoms with Gasteiger partial charge in [-0.25, -0.2) is 24.7 Å². The third-order valence-electron chi connectivity index (χ3n) is 8.51. The van der Waals surface area contributed by atoms with E-state index < -0.39 is 5.97 Å². The lowest BCUT2D eigenvalue weighted by Gasteiger charge is -2.13. The number of rotatable bonds is 6. The van der Waals surface area contributed by atoms with Crippen LogP contribution in [0.15, 0.2) is 71.2 Å². The van der Waals surface area contributed by atoms with Crippen LogP contribution < -0.4 is 10.6 Å². The lowest BCUT2D eigenvalue weighted by Crippen LogP contribution is -2.27. The van der Waals surface area contributed by atoms with Crippen LogP contribution in [0.4, 0.5) is 23.0 Å². The van der Waals surface area contributed by atoms with E-state index in [1.165, 1.54) is 29.8 Å². The Kier molecular flexibility index (Phi) is 7.28. The predicted octanol–water partition coefficient (Wildman–Crippen LogP) is 5.20. The number of hydrogen-bond donors (Lipinski definition) is 5. The third-order valence-corrected chi connectivity index (χ3v) is 8.51. The Morgan fingerprint density at radius 3 is 1.75 bits per heavy atom. The highest BCUT2D eigenvalue weighted by Gasteiger charge is 2.22. The topological polar surface area (TPSA) is 190 Å². The summed E-state index contributed by atoms with van der Waals surface area (Å²) in [4.78, 5) is 56.8. The number of nitrogens with zero attached hydrogens (tertiary/aromatic N) is 7. The molecule has 0 aliphatic carbocycles. The molecule has 3 aliphatic heterocycles. The number of aromatic nitrogens is 6. The van der Waals surface area contributed by atoms with Gasteiger partial charge in [0.1, 0.15) is 47.0 Å². The van der Waals surface area contributed by atoms with E-state index in [0.29, 0.717) is 40.6 Å². The summed E-state index contributed by atoms with van der Waals surface area (Å²) in [6.07, 6.45) is 8.76. The minimum atomic E-state index is -1.03. The smallest absolute Gasteiger partial charge is 0.352 e. The second-order valence-corrected chi connectivity index (χ2v) is 11.7. The number of carbonyl (C=O) groups excluding carboxylic acids is 1. The van der Waals surface area contributed by atoms with E-state index in [2.05, 4.69) is 62.7 Å². The van der Waals surface area contributed by atoms with Gasteiger partial charge in [0.05, 0.1) is 23.9 Å². The van der Waals surface area contributed by atoms with Gasteiger partial charge in [0.2, 0.25) is 0 Å². The van der Waals surface area contributed by atoms with Crippen LogP contribution in [0.25, 0.3) is 22.1 Å². The molecular weight excluding hydrogens is 610 g/mol. The quantitative estimate of drug-likeness (QED) is 0.163. The van der Waals surface area contributed by atoms with E-state index in [0.717, 1.165) is 60.4 Å². The van der Waals surface area contributed by atoms with Crippen LogP contribution >= 0.6 is 0 Å². The predicted molar refractivity (Wildman–Crippen MR) is 182 cm³/mol. The highest BCUT2D eigenvalue weighted by molar-refractivity contribution is 6.01. The van der Waals surface area contributed by atoms with Gasteiger partial charge in [-0.3, -0.25) is 14.8 Å². The van der Waals surface area contributed by atoms with Crippen molar-refractivity contribution in [2.24, 2.45) is 9.98 Å². The van der Waals surface area contributed by atoms with Crippen molar-refractivity contribution in [2.45, 2.75) is 25.9 Å². The zero-order valence-electron chi connectivity index (χ0n) is 25.6. The number of carbonyl (C=O) groups is 2. The Bertz CT molecular complexity index is 2280. The molecule has 0 bridgehead atoms. The normalized spacial score (nSPS) is 14.2. The molecule has 2 aromatic carbocycles. The Labute approximate surface area is 273 Å². The zero-order valence-corrected chi connectivity index (χ0v) is 25.6. The third kappa shape index (κ3) is 5.59. The molecule has 3 aliphatic rings. The summed E-state index contributed by atoms with van der Waals surface area (Å²) in [5, 5.41) is 17.0. The number of H-pyrrole nitrogens is 2. The summed E-state index contributed by atoms with van der Waals surface area (Å²) in [7, 11) is 0. The molecular formula is C34H29N11O3. The van der Waals surface area contributed by atoms with Gasteiger partial charge >= 0.3 is 5.97 Å². The van der Waals surface area contributed by atoms with Crippen molar-refractivity contribution in [1.29, 1.82) is 0 Å². The van der Waals surface area contributed by atoms with Crippen LogP contribution in [0.1, 0.15) is 56.1 Å². The van der Waals surface area contributed by atoms with E-state index in [1.807, 2.05) is 47.7 Å². The molecule has 5 N–H and O–H groups in total. The molecule has 14 nitrogen and oxygen atoms in total. The van der Waals surface area contributed by atoms with Crippen LogP contribution in [0, 0.1) is 0 Å². The first-order valence-corrected chi connectivity index (χ1v) is 15.5. The standard InChI is InChI=1S/C19H18N6O.C15H11N5O2/c26-19(25-5-1-2-6-25)16-8-15-17(21-11-22-18(15)24-16)23-14-4-3-12-9-20-10-13(12)7-14;21-15(22)12-4-11-13(17-7-18-14(11)20-12)19-10-2-1-8-5-16-6-9(8)3-10/h3-4,7-8,10-11H,1-2,5-6,9H2,(H2,21,22,23,24);1-4,6-7H,5H2,(H,21,22)(H2,17,18,19,20). The number of hydrogen-bond acceptors (Lipinski definition) is 10. The lowest BCUT2D eigenvalue weighted by molar-refractivity contribution is 0.0690. The summed E-state index contributed by atoms with van der Waals surface area (Å²) in [6, 6.07) is 15.5. The molecule has 48 heavy (non-hydrogen) atoms. The van der Waals surface area contributed by atoms with E-state index in [-0.39, 0.29) is 11.6 Å². The van der Waals surface area contributed by atoms with Crippen LogP contribution in [0.3, 0.4) is 0 Å². The maximum atomic E-state index is 12.6. The molecule has 0 saturated carbocycles. The van der Waals surface area contributed by atoms with Crippen LogP contribution in [-0.2, 0) is 13.1 Å². The van der Waals surface area contributed by atoms with E-state index >= 15 is 0 Å². The molecule has 0 radical (unpaired) electrons. The Balaban J connectivity index is 0.000000142. The van der Waals surface area contributed by atoms with Gasteiger partial charge in [0.15, 0.2) is 0 Å². The lowest BCUT2D eigenvalue weighted by atomic mass is 10.1. The van der Waals surface area contributed by atoms with E-state index in [1.54, 1.807) is 0 Å². The number of amides is 1. The molecule has 0 spiro atoms. The summed E-state index contributed by atoms with van der Waals surface area (Å²) < 4.78 is 0. The first kappa shape index (κ1) is 29.0. The minimum absolute atomic E-state index is 0.0280. The van der Waals surface area contributed by atoms with Crippen LogP contribution in [0.5, 0.6) is 0 Å². The fourth-order valence-electron chi connectivity index (χ4n) is 6.03. The van der Waals surface area contributed by atoms with Crippen molar-refractivity contribution in [3.8, 4) is 0 Å². The highest BCUT2D eigenvalue weighted by Crippen LogP contribution is 2.28. The minimum Gasteiger partial charge on any atom is -0.477 e. The number of likely N-dealkylation sites (tertiary alicyclic amines) is 1. The Hall–Kier alpha value is -6.44. The average molecular weight is 640 g/mol. The first-order chi connectivity index (χ1) is 23.5. The Morgan fingerprint density at radius 1 is 0.688 bits per heavy atom. The van der Waals surface area contributed by atoms with Gasteiger partial charge < -0.3 is 30.6 Å². The number of carboxylic acid groups (broad SMARTS) is 1. The van der Waals surface area contributed by atoms with Gasteiger partial charge in [-0.15, -0.1) is 0 Å². The van der Waals surface area contributed by atoms with Crippen molar-refractivity contribution in [2.75, 3.05) is 23.7 Å². The van der Waals surface area contributed by atoms with Crippen LogP contribution in [-0.4, -0.2) is 77.3 Å². The number of aromatic amines is 2. The molecule has 238 valence electrons. The molecule has 6 aromatic rings. The van der Waals surface area contributed by atoms with Crippen molar-refractivity contribution in [3.63, 3.8) is 0 Å². The number of anilines is 4. The maximum Gasteiger partial charge on any atom is 0.352 e. The van der Waals surface area contributed by atoms with Gasteiger partial charge in [0, 0.05) is 36.9 Å². The fourth-order valence-corrected chi connectivity index (χ4v) is 6.03. The number of fused-ring (bicyclic) bond motifs is 4. The van der Waals surface area contributed by atoms with Gasteiger partial charge in [0.25, 0.3) is 5.91 Å². The number of aromatic carboxylic acids is 1. The second kappa shape index (κ2) is 12.1. The number of aliphatic imine (C=N–C) groups is 2. The SMILES string of the molecule is O=C(O)c1cc2c(Nc3ccc4c(c3)C=NC4)ncnc2[nH]1.O=C(c1cc2c(Nc3ccc4c(c3)C=NC4)ncnc2[nH]1)N1CCCC1. The molecule has 7 heterocycles. The van der Waals surface area contributed by atoms with Gasteiger partial charge in [-0.05, 0) is 71.5 Å². The molecule has 9 rings (SSSR count). The first-order valence-electron chi connectivity index (χ1n) is 15.5. The summed E-state index contributed by atoms with van der Waals surface area (Å²) in [5.41, 5.74) is 8.21. The molecule has 1 fully saturated rings. The average Bonchev–Trinajstić information content (AvgIpc) is 3.93. The highest BCUT2D eigenvalue weighted by atomic mass is 16.4. The van der Waals surface area contributed by atoms with E-state index in [4.69, 9.17) is 5.11 Å². The fraction of sp³-hybridized carbons (Fsp3) is 0.176. The van der Waals surface area contributed by atoms with Crippen LogP contribution in [0.2, 0.25) is 0 Å².